The van der Waals surface area contributed by atoms with Crippen LogP contribution in [-0.4, -0.2) is 28.5 Å². The monoisotopic (exact) mass is 184 g/mol. The number of nitrogens with two attached hydrogens (primary N) is 1. The van der Waals surface area contributed by atoms with Crippen LogP contribution < -0.4 is 5.73 Å². The Balaban J connectivity index is 2.40. The van der Waals surface area contributed by atoms with Gasteiger partial charge in [-0.1, -0.05) is 0 Å². The fourth-order valence-corrected chi connectivity index (χ4v) is 0.996. The third-order valence-electron chi connectivity index (χ3n) is 1.70. The van der Waals surface area contributed by atoms with Crippen LogP contribution in [0.5, 0.6) is 0 Å². The molecule has 0 aliphatic rings. The lowest BCUT2D eigenvalue weighted by Crippen LogP contribution is -2.08. The summed E-state index contributed by atoms with van der Waals surface area (Å²) >= 11 is 0. The van der Waals surface area contributed by atoms with Crippen molar-refractivity contribution in [2.24, 2.45) is 5.73 Å². The van der Waals surface area contributed by atoms with E-state index in [1.807, 2.05) is 6.92 Å². The van der Waals surface area contributed by atoms with Gasteiger partial charge < -0.3 is 10.5 Å². The molecule has 0 aliphatic heterocycles. The highest BCUT2D eigenvalue weighted by Crippen LogP contribution is 2.00. The smallest absolute Gasteiger partial charge is 0.166 e. The Morgan fingerprint density at radius 3 is 3.00 bits per heavy atom. The first-order valence-electron chi connectivity index (χ1n) is 4.38. The quantitative estimate of drug-likeness (QED) is 0.670. The van der Waals surface area contributed by atoms with E-state index in [0.29, 0.717) is 5.82 Å². The molecule has 1 atom stereocenters. The fourth-order valence-electron chi connectivity index (χ4n) is 0.996. The number of rotatable bonds is 5. The molecule has 1 unspecified atom stereocenters. The highest BCUT2D eigenvalue weighted by atomic mass is 16.5. The maximum Gasteiger partial charge on any atom is 0.166 e. The number of hydrogen-bond donors (Lipinski definition) is 1. The molecule has 5 nitrogen and oxygen atoms in total. The zero-order chi connectivity index (χ0) is 9.68. The zero-order valence-electron chi connectivity index (χ0n) is 8.10. The molecule has 0 aliphatic carbocycles. The van der Waals surface area contributed by atoms with Crippen molar-refractivity contribution in [1.82, 2.24) is 14.8 Å². The lowest BCUT2D eigenvalue weighted by Gasteiger charge is -1.99. The standard InChI is InChI=1S/C8H16N4O/c1-7(9)8-10-6-12(11-8)4-3-5-13-2/h6-7H,3-5,9H2,1-2H3. The van der Waals surface area contributed by atoms with Gasteiger partial charge in [-0.15, -0.1) is 0 Å². The van der Waals surface area contributed by atoms with Crippen LogP contribution >= 0.6 is 0 Å². The second kappa shape index (κ2) is 4.94. The van der Waals surface area contributed by atoms with Crippen molar-refractivity contribution in [2.75, 3.05) is 13.7 Å². The highest BCUT2D eigenvalue weighted by Gasteiger charge is 2.04. The second-order valence-electron chi connectivity index (χ2n) is 3.00. The van der Waals surface area contributed by atoms with E-state index in [1.54, 1.807) is 18.1 Å². The average Bonchev–Trinajstić information content (AvgIpc) is 2.53. The number of aryl methyl sites for hydroxylation is 1. The summed E-state index contributed by atoms with van der Waals surface area (Å²) < 4.78 is 6.72. The van der Waals surface area contributed by atoms with Gasteiger partial charge in [0.25, 0.3) is 0 Å². The molecule has 0 aromatic carbocycles. The maximum atomic E-state index is 5.62. The molecule has 0 fully saturated rings. The van der Waals surface area contributed by atoms with E-state index in [-0.39, 0.29) is 6.04 Å². The molecule has 13 heavy (non-hydrogen) atoms. The Labute approximate surface area is 77.9 Å². The minimum Gasteiger partial charge on any atom is -0.385 e. The summed E-state index contributed by atoms with van der Waals surface area (Å²) in [7, 11) is 1.69. The first kappa shape index (κ1) is 10.1. The van der Waals surface area contributed by atoms with Crippen LogP contribution in [0.4, 0.5) is 0 Å². The molecule has 0 saturated heterocycles. The SMILES string of the molecule is COCCCn1cnc(C(C)N)n1. The van der Waals surface area contributed by atoms with E-state index in [2.05, 4.69) is 10.1 Å². The molecule has 0 spiro atoms. The number of hydrogen-bond acceptors (Lipinski definition) is 4. The first-order chi connectivity index (χ1) is 6.24. The van der Waals surface area contributed by atoms with Gasteiger partial charge in [0.2, 0.25) is 0 Å². The van der Waals surface area contributed by atoms with E-state index >= 15 is 0 Å². The van der Waals surface area contributed by atoms with Crippen molar-refractivity contribution in [2.45, 2.75) is 25.9 Å². The van der Waals surface area contributed by atoms with Crippen molar-refractivity contribution in [3.8, 4) is 0 Å². The van der Waals surface area contributed by atoms with Crippen LogP contribution in [0.3, 0.4) is 0 Å². The molecular formula is C8H16N4O. The molecule has 0 radical (unpaired) electrons. The molecular weight excluding hydrogens is 168 g/mol. The average molecular weight is 184 g/mol. The molecule has 5 heteroatoms. The van der Waals surface area contributed by atoms with Gasteiger partial charge in [-0.25, -0.2) is 4.98 Å². The molecule has 1 rings (SSSR count). The third-order valence-corrected chi connectivity index (χ3v) is 1.70. The van der Waals surface area contributed by atoms with Crippen LogP contribution in [0.15, 0.2) is 6.33 Å². The van der Waals surface area contributed by atoms with Crippen molar-refractivity contribution in [3.05, 3.63) is 12.2 Å². The molecule has 1 aromatic heterocycles. The summed E-state index contributed by atoms with van der Waals surface area (Å²) in [4.78, 5) is 4.08. The summed E-state index contributed by atoms with van der Waals surface area (Å²) in [6.45, 7) is 3.44. The lowest BCUT2D eigenvalue weighted by atomic mass is 10.3. The number of aromatic nitrogens is 3. The molecule has 0 amide bonds. The topological polar surface area (TPSA) is 66.0 Å². The van der Waals surface area contributed by atoms with Crippen molar-refractivity contribution < 1.29 is 4.74 Å². The molecule has 0 bridgehead atoms. The Bertz CT molecular complexity index is 246. The Morgan fingerprint density at radius 1 is 1.69 bits per heavy atom. The molecule has 74 valence electrons. The minimum absolute atomic E-state index is 0.0938. The fraction of sp³-hybridized carbons (Fsp3) is 0.750. The van der Waals surface area contributed by atoms with Gasteiger partial charge in [0.15, 0.2) is 5.82 Å². The van der Waals surface area contributed by atoms with Gasteiger partial charge >= 0.3 is 0 Å². The van der Waals surface area contributed by atoms with Crippen molar-refractivity contribution >= 4 is 0 Å². The summed E-state index contributed by atoms with van der Waals surface area (Å²) in [5, 5.41) is 4.21. The van der Waals surface area contributed by atoms with Gasteiger partial charge in [0.05, 0.1) is 6.04 Å². The van der Waals surface area contributed by atoms with E-state index in [4.69, 9.17) is 10.5 Å². The van der Waals surface area contributed by atoms with Crippen LogP contribution in [0, 0.1) is 0 Å². The number of ether oxygens (including phenoxy) is 1. The maximum absolute atomic E-state index is 5.62. The molecule has 1 heterocycles. The molecule has 2 N–H and O–H groups in total. The predicted octanol–water partition coefficient (Wildman–Crippen LogP) is 0.334. The summed E-state index contributed by atoms with van der Waals surface area (Å²) in [6.07, 6.45) is 2.65. The van der Waals surface area contributed by atoms with Gasteiger partial charge in [-0.05, 0) is 13.3 Å². The van der Waals surface area contributed by atoms with Crippen LogP contribution in [0.25, 0.3) is 0 Å². The molecule has 0 saturated carbocycles. The summed E-state index contributed by atoms with van der Waals surface area (Å²) in [5.41, 5.74) is 5.62. The first-order valence-corrected chi connectivity index (χ1v) is 4.38. The van der Waals surface area contributed by atoms with Crippen LogP contribution in [0.1, 0.15) is 25.2 Å². The zero-order valence-corrected chi connectivity index (χ0v) is 8.10. The normalized spacial score (nSPS) is 13.2. The Kier molecular flexibility index (Phi) is 3.85. The largest absolute Gasteiger partial charge is 0.385 e. The van der Waals surface area contributed by atoms with Gasteiger partial charge in [0, 0.05) is 20.3 Å². The van der Waals surface area contributed by atoms with Gasteiger partial charge in [-0.3, -0.25) is 4.68 Å². The van der Waals surface area contributed by atoms with Crippen molar-refractivity contribution in [3.63, 3.8) is 0 Å². The number of nitrogens with zero attached hydrogens (tertiary/aromatic N) is 3. The second-order valence-corrected chi connectivity index (χ2v) is 3.00. The Morgan fingerprint density at radius 2 is 2.46 bits per heavy atom. The highest BCUT2D eigenvalue weighted by molar-refractivity contribution is 4.87. The van der Waals surface area contributed by atoms with E-state index in [0.717, 1.165) is 19.6 Å². The molecule has 1 aromatic rings. The van der Waals surface area contributed by atoms with Crippen LogP contribution in [0.2, 0.25) is 0 Å². The number of methoxy groups -OCH3 is 1. The third kappa shape index (κ3) is 3.12. The summed E-state index contributed by atoms with van der Waals surface area (Å²) in [5.74, 6) is 0.692. The van der Waals surface area contributed by atoms with Crippen LogP contribution in [-0.2, 0) is 11.3 Å². The Hall–Kier alpha value is -0.940. The van der Waals surface area contributed by atoms with Gasteiger partial charge in [-0.2, -0.15) is 5.10 Å². The van der Waals surface area contributed by atoms with E-state index in [1.165, 1.54) is 0 Å². The van der Waals surface area contributed by atoms with E-state index in [9.17, 15) is 0 Å². The summed E-state index contributed by atoms with van der Waals surface area (Å²) in [6, 6.07) is -0.0938. The minimum atomic E-state index is -0.0938. The van der Waals surface area contributed by atoms with Gasteiger partial charge in [0.1, 0.15) is 6.33 Å². The van der Waals surface area contributed by atoms with E-state index < -0.39 is 0 Å². The predicted molar refractivity (Wildman–Crippen MR) is 49.1 cm³/mol. The van der Waals surface area contributed by atoms with Crippen molar-refractivity contribution in [1.29, 1.82) is 0 Å². The lowest BCUT2D eigenvalue weighted by molar-refractivity contribution is 0.189.